The van der Waals surface area contributed by atoms with Crippen molar-refractivity contribution in [1.82, 2.24) is 3.96 Å². The molecule has 0 bridgehead atoms. The molecule has 3 aromatic rings. The summed E-state index contributed by atoms with van der Waals surface area (Å²) in [7, 11) is 0. The van der Waals surface area contributed by atoms with E-state index < -0.39 is 11.7 Å². The molecule has 1 heterocycles. The van der Waals surface area contributed by atoms with E-state index in [1.807, 2.05) is 6.92 Å². The van der Waals surface area contributed by atoms with Crippen molar-refractivity contribution in [2.24, 2.45) is 4.99 Å². The molecule has 3 rings (SSSR count). The van der Waals surface area contributed by atoms with Gasteiger partial charge in [0, 0.05) is 16.1 Å². The molecule has 0 unspecified atom stereocenters. The first-order valence-electron chi connectivity index (χ1n) is 8.52. The number of hydrogen-bond acceptors (Lipinski definition) is 4. The summed E-state index contributed by atoms with van der Waals surface area (Å²) in [6, 6.07) is 12.9. The fourth-order valence-corrected chi connectivity index (χ4v) is 3.32. The van der Waals surface area contributed by atoms with E-state index in [1.54, 1.807) is 30.3 Å². The van der Waals surface area contributed by atoms with Gasteiger partial charge in [-0.15, -0.1) is 0 Å². The Bertz CT molecular complexity index is 1130. The number of carbonyl (C=O) groups excluding carboxylic acids is 1. The summed E-state index contributed by atoms with van der Waals surface area (Å²) in [4.78, 5) is 16.7. The quantitative estimate of drug-likeness (QED) is 0.348. The minimum absolute atomic E-state index is 0.0838. The first-order chi connectivity index (χ1) is 13.6. The number of hydrogen-bond donors (Lipinski definition) is 2. The molecule has 0 fully saturated rings. The molecule has 9 heteroatoms. The molecule has 0 atom stereocenters. The Labute approximate surface area is 168 Å². The lowest BCUT2D eigenvalue weighted by molar-refractivity contribution is -0.137. The zero-order valence-corrected chi connectivity index (χ0v) is 16.4. The number of nitrogens with one attached hydrogen (secondary N) is 2. The van der Waals surface area contributed by atoms with Gasteiger partial charge in [0.15, 0.2) is 5.78 Å². The van der Waals surface area contributed by atoms with E-state index in [1.165, 1.54) is 34.5 Å². The summed E-state index contributed by atoms with van der Waals surface area (Å²) < 4.78 is 40.6. The number of rotatable bonds is 3. The van der Waals surface area contributed by atoms with E-state index in [9.17, 15) is 18.0 Å². The van der Waals surface area contributed by atoms with Crippen LogP contribution in [0.5, 0.6) is 0 Å². The zero-order valence-electron chi connectivity index (χ0n) is 15.5. The molecule has 29 heavy (non-hydrogen) atoms. The molecule has 5 nitrogen and oxygen atoms in total. The maximum absolute atomic E-state index is 13.0. The number of carbonyl (C=O) groups is 1. The second kappa shape index (κ2) is 8.04. The van der Waals surface area contributed by atoms with Crippen molar-refractivity contribution in [1.29, 1.82) is 5.41 Å². The van der Waals surface area contributed by atoms with Crippen LogP contribution in [-0.2, 0) is 6.18 Å². The number of benzene rings is 2. The monoisotopic (exact) mass is 418 g/mol. The molecular formula is C20H17F3N4OS. The van der Waals surface area contributed by atoms with Gasteiger partial charge in [0.1, 0.15) is 5.49 Å². The second-order valence-corrected chi connectivity index (χ2v) is 7.46. The summed E-state index contributed by atoms with van der Waals surface area (Å²) in [6.45, 7) is 3.28. The van der Waals surface area contributed by atoms with Crippen LogP contribution in [0.25, 0.3) is 0 Å². The van der Waals surface area contributed by atoms with Gasteiger partial charge in [0.05, 0.1) is 11.3 Å². The SMILES string of the molecule is CC(=O)c1ccc(N=C(Nc2cccc(C(F)(F)F)c2)n2sc(C)cc2=N)cc1. The number of ketones is 1. The maximum atomic E-state index is 13.0. The third-order valence-corrected chi connectivity index (χ3v) is 4.90. The number of Topliss-reactive ketones (excluding diaryl/α,β-unsaturated/α-hetero) is 1. The van der Waals surface area contributed by atoms with Gasteiger partial charge in [0.2, 0.25) is 5.96 Å². The van der Waals surface area contributed by atoms with Crippen molar-refractivity contribution in [2.75, 3.05) is 5.32 Å². The molecule has 0 aliphatic rings. The van der Waals surface area contributed by atoms with Crippen LogP contribution in [0.3, 0.4) is 0 Å². The average Bonchev–Trinajstić information content (AvgIpc) is 2.99. The third-order valence-electron chi connectivity index (χ3n) is 3.94. The Balaban J connectivity index is 2.04. The summed E-state index contributed by atoms with van der Waals surface area (Å²) in [5, 5.41) is 11.0. The van der Waals surface area contributed by atoms with Gasteiger partial charge in [-0.3, -0.25) is 10.2 Å². The van der Waals surface area contributed by atoms with E-state index in [2.05, 4.69) is 10.3 Å². The highest BCUT2D eigenvalue weighted by molar-refractivity contribution is 7.07. The fraction of sp³-hybridized carbons (Fsp3) is 0.150. The lowest BCUT2D eigenvalue weighted by atomic mass is 10.1. The van der Waals surface area contributed by atoms with Crippen LogP contribution in [-0.4, -0.2) is 15.7 Å². The Kier molecular flexibility index (Phi) is 5.69. The molecule has 0 aliphatic carbocycles. The minimum atomic E-state index is -4.47. The average molecular weight is 418 g/mol. The van der Waals surface area contributed by atoms with Crippen LogP contribution in [0.1, 0.15) is 27.7 Å². The number of alkyl halides is 3. The molecule has 0 aliphatic heterocycles. The predicted molar refractivity (Wildman–Crippen MR) is 107 cm³/mol. The highest BCUT2D eigenvalue weighted by atomic mass is 32.1. The Morgan fingerprint density at radius 3 is 2.38 bits per heavy atom. The van der Waals surface area contributed by atoms with Gasteiger partial charge in [-0.2, -0.15) is 13.2 Å². The molecular weight excluding hydrogens is 401 g/mol. The molecule has 0 amide bonds. The minimum Gasteiger partial charge on any atom is -0.325 e. The molecule has 0 saturated carbocycles. The van der Waals surface area contributed by atoms with Crippen molar-refractivity contribution in [3.8, 4) is 0 Å². The standard InChI is InChI=1S/C20H17F3N4OS/c1-12-10-18(24)27(29-12)19(25-16-8-6-14(7-9-16)13(2)28)26-17-5-3-4-15(11-17)20(21,22)23/h3-11,24H,1-2H3,(H,25,26). The molecule has 150 valence electrons. The van der Waals surface area contributed by atoms with Crippen LogP contribution in [0.2, 0.25) is 0 Å². The number of aliphatic imine (C=N–C) groups is 1. The Morgan fingerprint density at radius 1 is 1.14 bits per heavy atom. The highest BCUT2D eigenvalue weighted by Gasteiger charge is 2.30. The molecule has 2 N–H and O–H groups in total. The maximum Gasteiger partial charge on any atom is 0.416 e. The predicted octanol–water partition coefficient (Wildman–Crippen LogP) is 5.21. The first kappa shape index (κ1) is 20.5. The van der Waals surface area contributed by atoms with Crippen molar-refractivity contribution in [3.05, 3.63) is 76.1 Å². The number of aromatic nitrogens is 1. The molecule has 0 radical (unpaired) electrons. The molecule has 1 aromatic heterocycles. The number of nitrogens with zero attached hydrogens (tertiary/aromatic N) is 2. The van der Waals surface area contributed by atoms with Gasteiger partial charge >= 0.3 is 6.18 Å². The third kappa shape index (κ3) is 5.00. The van der Waals surface area contributed by atoms with Crippen molar-refractivity contribution in [2.45, 2.75) is 20.0 Å². The topological polar surface area (TPSA) is 70.2 Å². The van der Waals surface area contributed by atoms with Crippen LogP contribution in [0.15, 0.2) is 59.6 Å². The van der Waals surface area contributed by atoms with E-state index in [0.29, 0.717) is 11.3 Å². The Hall–Kier alpha value is -3.20. The highest BCUT2D eigenvalue weighted by Crippen LogP contribution is 2.30. The van der Waals surface area contributed by atoms with E-state index in [4.69, 9.17) is 5.41 Å². The van der Waals surface area contributed by atoms with Crippen LogP contribution in [0.4, 0.5) is 24.5 Å². The molecule has 2 aromatic carbocycles. The van der Waals surface area contributed by atoms with Gasteiger partial charge in [0.25, 0.3) is 0 Å². The summed E-state index contributed by atoms with van der Waals surface area (Å²) in [6.07, 6.45) is -4.47. The summed E-state index contributed by atoms with van der Waals surface area (Å²) in [5.74, 6) is 0.0996. The van der Waals surface area contributed by atoms with Gasteiger partial charge < -0.3 is 5.32 Å². The van der Waals surface area contributed by atoms with Gasteiger partial charge in [-0.25, -0.2) is 8.95 Å². The molecule has 0 saturated heterocycles. The van der Waals surface area contributed by atoms with E-state index >= 15 is 0 Å². The smallest absolute Gasteiger partial charge is 0.325 e. The number of halogens is 3. The van der Waals surface area contributed by atoms with Crippen molar-refractivity contribution < 1.29 is 18.0 Å². The number of aryl methyl sites for hydroxylation is 1. The lowest BCUT2D eigenvalue weighted by Crippen LogP contribution is -2.28. The van der Waals surface area contributed by atoms with Crippen LogP contribution >= 0.6 is 11.5 Å². The van der Waals surface area contributed by atoms with E-state index in [0.717, 1.165) is 17.0 Å². The zero-order chi connectivity index (χ0) is 21.2. The normalized spacial score (nSPS) is 12.1. The van der Waals surface area contributed by atoms with Gasteiger partial charge in [-0.05, 0) is 62.4 Å². The Morgan fingerprint density at radius 2 is 1.83 bits per heavy atom. The van der Waals surface area contributed by atoms with Gasteiger partial charge in [-0.1, -0.05) is 17.6 Å². The number of anilines is 1. The van der Waals surface area contributed by atoms with E-state index in [-0.39, 0.29) is 22.9 Å². The first-order valence-corrected chi connectivity index (χ1v) is 9.30. The van der Waals surface area contributed by atoms with Crippen molar-refractivity contribution >= 4 is 34.7 Å². The second-order valence-electron chi connectivity index (χ2n) is 6.27. The molecule has 0 spiro atoms. The van der Waals surface area contributed by atoms with Crippen LogP contribution < -0.4 is 10.8 Å². The summed E-state index contributed by atoms with van der Waals surface area (Å²) in [5.41, 5.74) is 0.564. The largest absolute Gasteiger partial charge is 0.416 e. The van der Waals surface area contributed by atoms with Crippen LogP contribution in [0, 0.1) is 12.3 Å². The summed E-state index contributed by atoms with van der Waals surface area (Å²) >= 11 is 1.24. The van der Waals surface area contributed by atoms with Crippen molar-refractivity contribution in [3.63, 3.8) is 0 Å². The lowest BCUT2D eigenvalue weighted by Gasteiger charge is -2.13. The fourth-order valence-electron chi connectivity index (χ4n) is 2.55.